The zero-order chi connectivity index (χ0) is 36.6. The number of para-hydroxylation sites is 1. The van der Waals surface area contributed by atoms with Gasteiger partial charge in [-0.2, -0.15) is 0 Å². The van der Waals surface area contributed by atoms with E-state index in [0.717, 1.165) is 23.7 Å². The molecule has 7 aromatic carbocycles. The monoisotopic (exact) mass is 721 g/mol. The van der Waals surface area contributed by atoms with Gasteiger partial charge < -0.3 is 4.90 Å². The third kappa shape index (κ3) is 3.92. The van der Waals surface area contributed by atoms with Crippen LogP contribution in [0.2, 0.25) is 0 Å². The van der Waals surface area contributed by atoms with Crippen LogP contribution in [0.25, 0.3) is 44.2 Å². The largest absolute Gasteiger partial charge is 0.310 e. The van der Waals surface area contributed by atoms with Crippen LogP contribution in [0.4, 0.5) is 17.1 Å². The Balaban J connectivity index is 1.01. The van der Waals surface area contributed by atoms with E-state index in [4.69, 9.17) is 0 Å². The maximum atomic E-state index is 2.65. The Morgan fingerprint density at radius 1 is 0.464 bits per heavy atom. The molecule has 1 heteroatoms. The van der Waals surface area contributed by atoms with Gasteiger partial charge in [0.05, 0.1) is 5.69 Å². The fourth-order valence-corrected chi connectivity index (χ4v) is 14.2. The van der Waals surface area contributed by atoms with Crippen molar-refractivity contribution in [3.63, 3.8) is 0 Å². The average molecular weight is 722 g/mol. The van der Waals surface area contributed by atoms with Gasteiger partial charge in [-0.3, -0.25) is 0 Å². The van der Waals surface area contributed by atoms with Gasteiger partial charge in [0.15, 0.2) is 0 Å². The van der Waals surface area contributed by atoms with Crippen molar-refractivity contribution in [1.29, 1.82) is 0 Å². The molecule has 13 rings (SSSR count). The molecule has 4 unspecified atom stereocenters. The van der Waals surface area contributed by atoms with Gasteiger partial charge in [-0.1, -0.05) is 147 Å². The zero-order valence-electron chi connectivity index (χ0n) is 32.0. The first kappa shape index (κ1) is 31.8. The molecule has 5 fully saturated rings. The number of anilines is 3. The summed E-state index contributed by atoms with van der Waals surface area (Å²) in [6.45, 7) is 0. The summed E-state index contributed by atoms with van der Waals surface area (Å²) >= 11 is 0. The van der Waals surface area contributed by atoms with Crippen molar-refractivity contribution < 1.29 is 0 Å². The van der Waals surface area contributed by atoms with Crippen molar-refractivity contribution in [1.82, 2.24) is 0 Å². The third-order valence-corrected chi connectivity index (χ3v) is 16.3. The van der Waals surface area contributed by atoms with Gasteiger partial charge >= 0.3 is 0 Å². The van der Waals surface area contributed by atoms with Crippen molar-refractivity contribution in [2.24, 2.45) is 29.1 Å². The molecule has 4 atom stereocenters. The molecule has 0 N–H and O–H groups in total. The van der Waals surface area contributed by atoms with Crippen molar-refractivity contribution in [3.05, 3.63) is 174 Å². The third-order valence-electron chi connectivity index (χ3n) is 16.3. The van der Waals surface area contributed by atoms with E-state index < -0.39 is 0 Å². The second kappa shape index (κ2) is 11.6. The molecule has 7 aromatic rings. The zero-order valence-corrected chi connectivity index (χ0v) is 32.0. The van der Waals surface area contributed by atoms with Gasteiger partial charge in [0.2, 0.25) is 0 Å². The standard InChI is InChI=1S/C55H47N/c1-3-13-35(14-4-1)36-25-27-41(28-26-36)56(50-24-10-8-20-46(50)47-22-12-18-38-17-11-21-43(53(38)47)37-15-5-2-6-16-37)42-29-30-45-44-19-7-9-23-48(44)55(49(45)34-42)51-32-39-31-40-33-52(55)54(39,40)51/h1,3-4,7-14,17-30,34,37,39-40,51-52H,2,5-6,15-16,31-33H2. The van der Waals surface area contributed by atoms with Gasteiger partial charge in [0, 0.05) is 22.4 Å². The fraction of sp³-hybridized carbons (Fsp3) is 0.273. The van der Waals surface area contributed by atoms with Gasteiger partial charge in [0.1, 0.15) is 0 Å². The molecule has 6 aliphatic rings. The van der Waals surface area contributed by atoms with Crippen LogP contribution in [0, 0.1) is 29.1 Å². The van der Waals surface area contributed by atoms with Crippen LogP contribution in [0.15, 0.2) is 158 Å². The predicted molar refractivity (Wildman–Crippen MR) is 232 cm³/mol. The van der Waals surface area contributed by atoms with E-state index in [-0.39, 0.29) is 5.41 Å². The van der Waals surface area contributed by atoms with Crippen molar-refractivity contribution in [2.75, 3.05) is 4.90 Å². The van der Waals surface area contributed by atoms with E-state index in [1.165, 1.54) is 118 Å². The molecule has 2 spiro atoms. The SMILES string of the molecule is c1ccc(-c2ccc(N(c3ccc4c(c3)C3(c5ccccc5-4)C4CC5CC6CC3C564)c3ccccc3-c3cccc4cccc(C5CCCCC5)c34)cc2)cc1. The van der Waals surface area contributed by atoms with E-state index in [9.17, 15) is 0 Å². The number of hydrogen-bond acceptors (Lipinski definition) is 1. The van der Waals surface area contributed by atoms with Crippen molar-refractivity contribution >= 4 is 27.8 Å². The lowest BCUT2D eigenvalue weighted by molar-refractivity contribution is -0.412. The summed E-state index contributed by atoms with van der Waals surface area (Å²) in [6, 6.07) is 60.5. The molecule has 56 heavy (non-hydrogen) atoms. The second-order valence-corrected chi connectivity index (χ2v) is 18.2. The summed E-state index contributed by atoms with van der Waals surface area (Å²) in [4.78, 5) is 2.59. The Morgan fingerprint density at radius 3 is 1.89 bits per heavy atom. The highest BCUT2D eigenvalue weighted by Gasteiger charge is 2.90. The summed E-state index contributed by atoms with van der Waals surface area (Å²) in [7, 11) is 0. The highest BCUT2D eigenvalue weighted by atomic mass is 15.1. The highest BCUT2D eigenvalue weighted by molar-refractivity contribution is 6.03. The predicted octanol–water partition coefficient (Wildman–Crippen LogP) is 14.6. The fourth-order valence-electron chi connectivity index (χ4n) is 14.2. The van der Waals surface area contributed by atoms with Crippen molar-refractivity contribution in [3.8, 4) is 33.4 Å². The lowest BCUT2D eigenvalue weighted by Gasteiger charge is -2.92. The Morgan fingerprint density at radius 2 is 1.11 bits per heavy atom. The molecule has 0 radical (unpaired) electrons. The summed E-state index contributed by atoms with van der Waals surface area (Å²) in [5.74, 6) is 4.21. The Bertz CT molecular complexity index is 2670. The number of fused-ring (bicyclic) bond motifs is 8. The summed E-state index contributed by atoms with van der Waals surface area (Å²) in [5.41, 5.74) is 17.4. The number of rotatable bonds is 6. The van der Waals surface area contributed by atoms with E-state index in [1.807, 2.05) is 0 Å². The van der Waals surface area contributed by atoms with Crippen LogP contribution >= 0.6 is 0 Å². The smallest absolute Gasteiger partial charge is 0.0540 e. The number of nitrogens with zero attached hydrogens (tertiary/aromatic N) is 1. The Kier molecular flexibility index (Phi) is 6.57. The molecule has 0 aromatic heterocycles. The minimum atomic E-state index is 0.169. The molecule has 0 saturated heterocycles. The van der Waals surface area contributed by atoms with Crippen LogP contribution in [0.1, 0.15) is 74.0 Å². The minimum Gasteiger partial charge on any atom is -0.310 e. The van der Waals surface area contributed by atoms with Crippen LogP contribution in [0.3, 0.4) is 0 Å². The molecule has 272 valence electrons. The lowest BCUT2D eigenvalue weighted by Crippen LogP contribution is -2.88. The highest BCUT2D eigenvalue weighted by Crippen LogP contribution is 2.94. The Labute approximate surface area is 331 Å². The van der Waals surface area contributed by atoms with E-state index in [0.29, 0.717) is 11.3 Å². The summed E-state index contributed by atoms with van der Waals surface area (Å²) in [5, 5.41) is 2.79. The quantitative estimate of drug-likeness (QED) is 0.165. The van der Waals surface area contributed by atoms with Gasteiger partial charge in [-0.25, -0.2) is 0 Å². The van der Waals surface area contributed by atoms with E-state index >= 15 is 0 Å². The first-order chi connectivity index (χ1) is 27.8. The molecule has 0 heterocycles. The molecular formula is C55H47N. The number of benzene rings is 7. The van der Waals surface area contributed by atoms with Gasteiger partial charge in [-0.15, -0.1) is 0 Å². The van der Waals surface area contributed by atoms with Crippen LogP contribution in [0.5, 0.6) is 0 Å². The molecule has 0 bridgehead atoms. The first-order valence-corrected chi connectivity index (χ1v) is 21.6. The van der Waals surface area contributed by atoms with Crippen molar-refractivity contribution in [2.45, 2.75) is 62.7 Å². The second-order valence-electron chi connectivity index (χ2n) is 18.2. The first-order valence-electron chi connectivity index (χ1n) is 21.6. The minimum absolute atomic E-state index is 0.169. The normalized spacial score (nSPS) is 27.5. The molecular weight excluding hydrogens is 675 g/mol. The Hall–Kier alpha value is -5.40. The van der Waals surface area contributed by atoms with E-state index in [2.05, 4.69) is 163 Å². The average Bonchev–Trinajstić information content (AvgIpc) is 3.53. The maximum Gasteiger partial charge on any atom is 0.0540 e. The maximum absolute atomic E-state index is 2.65. The van der Waals surface area contributed by atoms with Crippen LogP contribution < -0.4 is 4.90 Å². The topological polar surface area (TPSA) is 3.24 Å². The van der Waals surface area contributed by atoms with Crippen LogP contribution in [-0.4, -0.2) is 0 Å². The molecule has 0 amide bonds. The molecule has 0 aliphatic heterocycles. The summed E-state index contributed by atoms with van der Waals surface area (Å²) in [6.07, 6.45) is 11.0. The molecule has 5 saturated carbocycles. The number of hydrogen-bond donors (Lipinski definition) is 0. The molecule has 6 aliphatic carbocycles. The van der Waals surface area contributed by atoms with Gasteiger partial charge in [0.25, 0.3) is 0 Å². The van der Waals surface area contributed by atoms with Crippen LogP contribution in [-0.2, 0) is 5.41 Å². The lowest BCUT2D eigenvalue weighted by atomic mass is 9.11. The summed E-state index contributed by atoms with van der Waals surface area (Å²) < 4.78 is 0. The molecule has 1 nitrogen and oxygen atoms in total. The van der Waals surface area contributed by atoms with E-state index in [1.54, 1.807) is 11.1 Å². The van der Waals surface area contributed by atoms with Gasteiger partial charge in [-0.05, 0) is 153 Å².